The molecule has 1 aromatic heterocycles. The smallest absolute Gasteiger partial charge is 0.312 e. The summed E-state index contributed by atoms with van der Waals surface area (Å²) in [5, 5.41) is 7.65. The van der Waals surface area contributed by atoms with Gasteiger partial charge >= 0.3 is 6.01 Å². The Kier molecular flexibility index (Phi) is 3.43. The Morgan fingerprint density at radius 3 is 2.56 bits per heavy atom. The molecule has 1 heterocycles. The average molecular weight is 224 g/mol. The predicted octanol–water partition coefficient (Wildman–Crippen LogP) is 1.98. The van der Waals surface area contributed by atoms with Gasteiger partial charge in [-0.1, -0.05) is 24.4 Å². The van der Waals surface area contributed by atoms with Crippen molar-refractivity contribution in [1.29, 1.82) is 0 Å². The van der Waals surface area contributed by atoms with Crippen LogP contribution in [0.15, 0.2) is 4.42 Å². The Hall–Kier alpha value is -1.10. The van der Waals surface area contributed by atoms with Crippen LogP contribution in [0.2, 0.25) is 0 Å². The summed E-state index contributed by atoms with van der Waals surface area (Å²) in [6.07, 6.45) is 6.56. The molecule has 1 fully saturated rings. The third-order valence-electron chi connectivity index (χ3n) is 3.58. The Bertz CT molecular complexity index is 332. The maximum atomic E-state index is 5.44. The largest absolute Gasteiger partial charge is 0.407 e. The molecule has 1 aliphatic rings. The van der Waals surface area contributed by atoms with Gasteiger partial charge in [0.25, 0.3) is 0 Å². The highest BCUT2D eigenvalue weighted by Crippen LogP contribution is 2.28. The molecule has 0 radical (unpaired) electrons. The summed E-state index contributed by atoms with van der Waals surface area (Å²) in [6.45, 7) is 2.08. The van der Waals surface area contributed by atoms with Crippen LogP contribution in [0.1, 0.15) is 51.0 Å². The van der Waals surface area contributed by atoms with E-state index in [1.165, 1.54) is 32.1 Å². The lowest BCUT2D eigenvalue weighted by Crippen LogP contribution is -2.35. The first-order valence-electron chi connectivity index (χ1n) is 5.99. The predicted molar refractivity (Wildman–Crippen MR) is 61.8 cm³/mol. The minimum atomic E-state index is 0.146. The molecule has 0 aliphatic heterocycles. The first kappa shape index (κ1) is 11.4. The number of nitrogen functional groups attached to an aromatic ring is 1. The van der Waals surface area contributed by atoms with Gasteiger partial charge in [0.1, 0.15) is 0 Å². The van der Waals surface area contributed by atoms with Crippen LogP contribution < -0.4 is 5.73 Å². The van der Waals surface area contributed by atoms with Gasteiger partial charge in [-0.05, 0) is 26.8 Å². The molecule has 2 rings (SSSR count). The van der Waals surface area contributed by atoms with Crippen molar-refractivity contribution in [2.24, 2.45) is 0 Å². The molecule has 0 amide bonds. The van der Waals surface area contributed by atoms with E-state index in [9.17, 15) is 0 Å². The van der Waals surface area contributed by atoms with Crippen molar-refractivity contribution in [3.05, 3.63) is 5.89 Å². The second-order valence-corrected chi connectivity index (χ2v) is 4.61. The van der Waals surface area contributed by atoms with Crippen LogP contribution in [-0.4, -0.2) is 28.2 Å². The van der Waals surface area contributed by atoms with Crippen molar-refractivity contribution in [3.63, 3.8) is 0 Å². The molecule has 1 saturated carbocycles. The van der Waals surface area contributed by atoms with E-state index in [1.54, 1.807) is 0 Å². The molecule has 5 heteroatoms. The van der Waals surface area contributed by atoms with Crippen molar-refractivity contribution >= 4 is 6.01 Å². The molecule has 2 N–H and O–H groups in total. The van der Waals surface area contributed by atoms with Crippen LogP contribution in [0, 0.1) is 0 Å². The number of hydrogen-bond acceptors (Lipinski definition) is 5. The van der Waals surface area contributed by atoms with Crippen molar-refractivity contribution in [3.8, 4) is 0 Å². The fourth-order valence-electron chi connectivity index (χ4n) is 2.39. The van der Waals surface area contributed by atoms with E-state index < -0.39 is 0 Å². The van der Waals surface area contributed by atoms with Crippen LogP contribution in [0.3, 0.4) is 0 Å². The molecule has 16 heavy (non-hydrogen) atoms. The standard InChI is InChI=1S/C11H20N4O/c1-8(10-13-14-11(12)16-10)15(2)9-6-4-3-5-7-9/h8-9H,3-7H2,1-2H3,(H2,12,14). The van der Waals surface area contributed by atoms with Gasteiger partial charge in [-0.15, -0.1) is 5.10 Å². The fraction of sp³-hybridized carbons (Fsp3) is 0.818. The molecule has 5 nitrogen and oxygen atoms in total. The van der Waals surface area contributed by atoms with E-state index in [-0.39, 0.29) is 12.1 Å². The lowest BCUT2D eigenvalue weighted by molar-refractivity contribution is 0.130. The lowest BCUT2D eigenvalue weighted by atomic mass is 9.94. The minimum absolute atomic E-state index is 0.146. The molecule has 1 aliphatic carbocycles. The Morgan fingerprint density at radius 2 is 2.00 bits per heavy atom. The van der Waals surface area contributed by atoms with Crippen LogP contribution in [0.4, 0.5) is 6.01 Å². The molecule has 0 bridgehead atoms. The zero-order valence-electron chi connectivity index (χ0n) is 10.0. The summed E-state index contributed by atoms with van der Waals surface area (Å²) >= 11 is 0. The molecule has 1 unspecified atom stereocenters. The minimum Gasteiger partial charge on any atom is -0.407 e. The SMILES string of the molecule is CC(c1nnc(N)o1)N(C)C1CCCCC1. The third-order valence-corrected chi connectivity index (χ3v) is 3.58. The zero-order chi connectivity index (χ0) is 11.5. The Labute approximate surface area is 96.0 Å². The summed E-state index contributed by atoms with van der Waals surface area (Å²) in [5.74, 6) is 0.616. The van der Waals surface area contributed by atoms with Gasteiger partial charge in [0, 0.05) is 6.04 Å². The summed E-state index contributed by atoms with van der Waals surface area (Å²) < 4.78 is 5.27. The van der Waals surface area contributed by atoms with Crippen LogP contribution in [0.25, 0.3) is 0 Å². The van der Waals surface area contributed by atoms with Crippen molar-refractivity contribution in [2.45, 2.75) is 51.1 Å². The average Bonchev–Trinajstić information content (AvgIpc) is 2.75. The number of aromatic nitrogens is 2. The van der Waals surface area contributed by atoms with Crippen LogP contribution >= 0.6 is 0 Å². The molecular weight excluding hydrogens is 204 g/mol. The quantitative estimate of drug-likeness (QED) is 0.850. The van der Waals surface area contributed by atoms with Crippen molar-refractivity contribution < 1.29 is 4.42 Å². The normalized spacial score (nSPS) is 20.2. The maximum absolute atomic E-state index is 5.44. The fourth-order valence-corrected chi connectivity index (χ4v) is 2.39. The van der Waals surface area contributed by atoms with Crippen LogP contribution in [-0.2, 0) is 0 Å². The number of rotatable bonds is 3. The highest BCUT2D eigenvalue weighted by molar-refractivity contribution is 5.06. The van der Waals surface area contributed by atoms with E-state index >= 15 is 0 Å². The molecule has 0 saturated heterocycles. The number of anilines is 1. The zero-order valence-corrected chi connectivity index (χ0v) is 10.0. The first-order valence-corrected chi connectivity index (χ1v) is 5.99. The molecule has 0 aromatic carbocycles. The molecule has 90 valence electrons. The Morgan fingerprint density at radius 1 is 1.31 bits per heavy atom. The molecule has 1 atom stereocenters. The van der Waals surface area contributed by atoms with Crippen molar-refractivity contribution in [1.82, 2.24) is 15.1 Å². The van der Waals surface area contributed by atoms with Gasteiger partial charge in [-0.3, -0.25) is 4.90 Å². The third kappa shape index (κ3) is 2.35. The van der Waals surface area contributed by atoms with Gasteiger partial charge in [0.2, 0.25) is 5.89 Å². The van der Waals surface area contributed by atoms with Gasteiger partial charge in [0.05, 0.1) is 6.04 Å². The van der Waals surface area contributed by atoms with Crippen LogP contribution in [0.5, 0.6) is 0 Å². The highest BCUT2D eigenvalue weighted by atomic mass is 16.4. The van der Waals surface area contributed by atoms with Gasteiger partial charge in [0.15, 0.2) is 0 Å². The van der Waals surface area contributed by atoms with E-state index in [4.69, 9.17) is 10.2 Å². The topological polar surface area (TPSA) is 68.2 Å². The monoisotopic (exact) mass is 224 g/mol. The van der Waals surface area contributed by atoms with Gasteiger partial charge < -0.3 is 10.2 Å². The Balaban J connectivity index is 2.00. The van der Waals surface area contributed by atoms with E-state index in [0.717, 1.165) is 0 Å². The summed E-state index contributed by atoms with van der Waals surface area (Å²) in [6, 6.07) is 0.934. The lowest BCUT2D eigenvalue weighted by Gasteiger charge is -2.33. The maximum Gasteiger partial charge on any atom is 0.312 e. The van der Waals surface area contributed by atoms with E-state index in [1.807, 2.05) is 0 Å². The number of hydrogen-bond donors (Lipinski definition) is 1. The molecule has 0 spiro atoms. The van der Waals surface area contributed by atoms with Crippen molar-refractivity contribution in [2.75, 3.05) is 12.8 Å². The van der Waals surface area contributed by atoms with E-state index in [2.05, 4.69) is 29.1 Å². The van der Waals surface area contributed by atoms with E-state index in [0.29, 0.717) is 11.9 Å². The van der Waals surface area contributed by atoms with Gasteiger partial charge in [-0.2, -0.15) is 0 Å². The number of nitrogens with zero attached hydrogens (tertiary/aromatic N) is 3. The summed E-state index contributed by atoms with van der Waals surface area (Å²) in [7, 11) is 2.13. The molecule has 1 aromatic rings. The summed E-state index contributed by atoms with van der Waals surface area (Å²) in [5.41, 5.74) is 5.44. The second-order valence-electron chi connectivity index (χ2n) is 4.61. The van der Waals surface area contributed by atoms with Gasteiger partial charge in [-0.25, -0.2) is 0 Å². The highest BCUT2D eigenvalue weighted by Gasteiger charge is 2.25. The first-order chi connectivity index (χ1) is 7.68. The second kappa shape index (κ2) is 4.82. The summed E-state index contributed by atoms with van der Waals surface area (Å²) in [4.78, 5) is 2.33. The number of nitrogens with two attached hydrogens (primary N) is 1. The molecular formula is C11H20N4O.